The maximum atomic E-state index is 11.8. The molecule has 0 aromatic heterocycles. The number of ether oxygens (including phenoxy) is 1. The number of likely N-dealkylation sites (tertiary alicyclic amines) is 1. The number of carbonyl (C=O) groups excluding carboxylic acids is 1. The summed E-state index contributed by atoms with van der Waals surface area (Å²) in [6, 6.07) is 9.44. The summed E-state index contributed by atoms with van der Waals surface area (Å²) in [7, 11) is 0. The Morgan fingerprint density at radius 1 is 1.39 bits per heavy atom. The molecule has 1 aromatic carbocycles. The van der Waals surface area contributed by atoms with Gasteiger partial charge in [-0.3, -0.25) is 4.79 Å². The van der Waals surface area contributed by atoms with E-state index in [-0.39, 0.29) is 5.91 Å². The number of aliphatic hydroxyl groups is 1. The Morgan fingerprint density at radius 3 is 2.67 bits per heavy atom. The summed E-state index contributed by atoms with van der Waals surface area (Å²) in [5, 5.41) is 9.82. The molecule has 1 aliphatic heterocycles. The molecule has 1 saturated heterocycles. The number of para-hydroxylation sites is 1. The van der Waals surface area contributed by atoms with E-state index in [0.717, 1.165) is 5.75 Å². The predicted molar refractivity (Wildman–Crippen MR) is 68.4 cm³/mol. The Hall–Kier alpha value is -1.55. The van der Waals surface area contributed by atoms with Gasteiger partial charge in [-0.25, -0.2) is 0 Å². The molecule has 0 atom stereocenters. The lowest BCUT2D eigenvalue weighted by Crippen LogP contribution is -2.63. The van der Waals surface area contributed by atoms with Crippen LogP contribution in [0.4, 0.5) is 0 Å². The molecule has 4 nitrogen and oxygen atoms in total. The molecule has 0 bridgehead atoms. The fourth-order valence-corrected chi connectivity index (χ4v) is 2.00. The van der Waals surface area contributed by atoms with Crippen molar-refractivity contribution >= 4 is 5.91 Å². The molecule has 0 radical (unpaired) electrons. The number of β-amino-alcohol motifs (C(OH)–C–C–N with tert-alkyl or cyclic N) is 1. The van der Waals surface area contributed by atoms with E-state index < -0.39 is 5.60 Å². The van der Waals surface area contributed by atoms with Gasteiger partial charge in [0.25, 0.3) is 0 Å². The first-order chi connectivity index (χ1) is 8.63. The SMILES string of the molecule is CCC1(O)CN(C(=O)CCOc2ccccc2)C1. The summed E-state index contributed by atoms with van der Waals surface area (Å²) in [4.78, 5) is 13.4. The van der Waals surface area contributed by atoms with E-state index in [2.05, 4.69) is 0 Å². The highest BCUT2D eigenvalue weighted by Crippen LogP contribution is 2.24. The Morgan fingerprint density at radius 2 is 2.06 bits per heavy atom. The van der Waals surface area contributed by atoms with Gasteiger partial charge in [0.15, 0.2) is 0 Å². The summed E-state index contributed by atoms with van der Waals surface area (Å²) >= 11 is 0. The zero-order valence-corrected chi connectivity index (χ0v) is 10.6. The molecule has 0 unspecified atom stereocenters. The van der Waals surface area contributed by atoms with Crippen molar-refractivity contribution in [3.8, 4) is 5.75 Å². The number of hydrogen-bond acceptors (Lipinski definition) is 3. The van der Waals surface area contributed by atoms with Gasteiger partial charge < -0.3 is 14.7 Å². The van der Waals surface area contributed by atoms with E-state index in [0.29, 0.717) is 32.5 Å². The first-order valence-corrected chi connectivity index (χ1v) is 6.31. The second-order valence-corrected chi connectivity index (χ2v) is 4.74. The van der Waals surface area contributed by atoms with E-state index in [1.165, 1.54) is 0 Å². The van der Waals surface area contributed by atoms with Crippen molar-refractivity contribution in [2.75, 3.05) is 19.7 Å². The van der Waals surface area contributed by atoms with E-state index in [1.54, 1.807) is 4.90 Å². The molecule has 2 rings (SSSR count). The third-order valence-electron chi connectivity index (χ3n) is 3.31. The predicted octanol–water partition coefficient (Wildman–Crippen LogP) is 1.44. The summed E-state index contributed by atoms with van der Waals surface area (Å²) < 4.78 is 5.46. The van der Waals surface area contributed by atoms with Crippen LogP contribution in [0.5, 0.6) is 5.75 Å². The van der Waals surface area contributed by atoms with Crippen LogP contribution in [0.3, 0.4) is 0 Å². The lowest BCUT2D eigenvalue weighted by Gasteiger charge is -2.46. The minimum Gasteiger partial charge on any atom is -0.493 e. The van der Waals surface area contributed by atoms with Gasteiger partial charge in [0, 0.05) is 0 Å². The van der Waals surface area contributed by atoms with Crippen LogP contribution in [0, 0.1) is 0 Å². The van der Waals surface area contributed by atoms with Gasteiger partial charge >= 0.3 is 0 Å². The van der Waals surface area contributed by atoms with Gasteiger partial charge in [0.05, 0.1) is 31.7 Å². The highest BCUT2D eigenvalue weighted by molar-refractivity contribution is 5.77. The van der Waals surface area contributed by atoms with Gasteiger partial charge in [-0.2, -0.15) is 0 Å². The Labute approximate surface area is 107 Å². The number of benzene rings is 1. The molecular formula is C14H19NO3. The van der Waals surface area contributed by atoms with Crippen LogP contribution in [0.2, 0.25) is 0 Å². The second-order valence-electron chi connectivity index (χ2n) is 4.74. The van der Waals surface area contributed by atoms with Crippen LogP contribution < -0.4 is 4.74 Å². The van der Waals surface area contributed by atoms with Crippen LogP contribution >= 0.6 is 0 Å². The van der Waals surface area contributed by atoms with Crippen LogP contribution in [-0.4, -0.2) is 41.2 Å². The number of carbonyl (C=O) groups is 1. The second kappa shape index (κ2) is 5.40. The zero-order chi connectivity index (χ0) is 13.0. The Bertz CT molecular complexity index is 399. The van der Waals surface area contributed by atoms with Crippen molar-refractivity contribution in [1.29, 1.82) is 0 Å². The van der Waals surface area contributed by atoms with Gasteiger partial charge in [-0.15, -0.1) is 0 Å². The molecule has 1 amide bonds. The topological polar surface area (TPSA) is 49.8 Å². The fraction of sp³-hybridized carbons (Fsp3) is 0.500. The quantitative estimate of drug-likeness (QED) is 0.859. The van der Waals surface area contributed by atoms with Crippen molar-refractivity contribution in [3.05, 3.63) is 30.3 Å². The maximum absolute atomic E-state index is 11.8. The largest absolute Gasteiger partial charge is 0.493 e. The van der Waals surface area contributed by atoms with Crippen LogP contribution in [0.15, 0.2) is 30.3 Å². The molecule has 0 aliphatic carbocycles. The molecule has 0 spiro atoms. The highest BCUT2D eigenvalue weighted by atomic mass is 16.5. The maximum Gasteiger partial charge on any atom is 0.226 e. The monoisotopic (exact) mass is 249 g/mol. The smallest absolute Gasteiger partial charge is 0.226 e. The number of rotatable bonds is 5. The minimum atomic E-state index is -0.657. The molecule has 1 aliphatic rings. The highest BCUT2D eigenvalue weighted by Gasteiger charge is 2.41. The molecule has 0 saturated carbocycles. The first-order valence-electron chi connectivity index (χ1n) is 6.31. The molecule has 1 heterocycles. The molecule has 98 valence electrons. The Balaban J connectivity index is 1.68. The lowest BCUT2D eigenvalue weighted by atomic mass is 9.91. The van der Waals surface area contributed by atoms with Crippen molar-refractivity contribution in [1.82, 2.24) is 4.90 Å². The number of nitrogens with zero attached hydrogens (tertiary/aromatic N) is 1. The third-order valence-corrected chi connectivity index (χ3v) is 3.31. The minimum absolute atomic E-state index is 0.0454. The van der Waals surface area contributed by atoms with Crippen LogP contribution in [-0.2, 0) is 4.79 Å². The normalized spacial score (nSPS) is 17.1. The van der Waals surface area contributed by atoms with E-state index in [4.69, 9.17) is 4.74 Å². The third kappa shape index (κ3) is 3.01. The number of amides is 1. The Kier molecular flexibility index (Phi) is 3.87. The zero-order valence-electron chi connectivity index (χ0n) is 10.6. The first kappa shape index (κ1) is 12.9. The standard InChI is InChI=1S/C14H19NO3/c1-2-14(17)10-15(11-14)13(16)8-9-18-12-6-4-3-5-7-12/h3-7,17H,2,8-11H2,1H3. The van der Waals surface area contributed by atoms with Crippen LogP contribution in [0.1, 0.15) is 19.8 Å². The van der Waals surface area contributed by atoms with Crippen molar-refractivity contribution in [2.24, 2.45) is 0 Å². The van der Waals surface area contributed by atoms with Crippen LogP contribution in [0.25, 0.3) is 0 Å². The molecule has 1 fully saturated rings. The van der Waals surface area contributed by atoms with Gasteiger partial charge in [0.1, 0.15) is 5.75 Å². The van der Waals surface area contributed by atoms with Crippen molar-refractivity contribution in [3.63, 3.8) is 0 Å². The molecular weight excluding hydrogens is 230 g/mol. The van der Waals surface area contributed by atoms with Gasteiger partial charge in [-0.1, -0.05) is 25.1 Å². The van der Waals surface area contributed by atoms with E-state index >= 15 is 0 Å². The number of hydrogen-bond donors (Lipinski definition) is 1. The van der Waals surface area contributed by atoms with Gasteiger partial charge in [0.2, 0.25) is 5.91 Å². The fourth-order valence-electron chi connectivity index (χ4n) is 2.00. The molecule has 4 heteroatoms. The molecule has 1 aromatic rings. The van der Waals surface area contributed by atoms with Crippen molar-refractivity contribution in [2.45, 2.75) is 25.4 Å². The van der Waals surface area contributed by atoms with E-state index in [1.807, 2.05) is 37.3 Å². The van der Waals surface area contributed by atoms with Crippen molar-refractivity contribution < 1.29 is 14.6 Å². The average molecular weight is 249 g/mol. The summed E-state index contributed by atoms with van der Waals surface area (Å²) in [6.07, 6.45) is 1.05. The lowest BCUT2D eigenvalue weighted by molar-refractivity contribution is -0.156. The van der Waals surface area contributed by atoms with E-state index in [9.17, 15) is 9.90 Å². The summed E-state index contributed by atoms with van der Waals surface area (Å²) in [5.74, 6) is 0.822. The molecule has 1 N–H and O–H groups in total. The summed E-state index contributed by atoms with van der Waals surface area (Å²) in [6.45, 7) is 3.21. The molecule has 18 heavy (non-hydrogen) atoms. The summed E-state index contributed by atoms with van der Waals surface area (Å²) in [5.41, 5.74) is -0.657. The van der Waals surface area contributed by atoms with Gasteiger partial charge in [-0.05, 0) is 18.6 Å². The average Bonchev–Trinajstić information content (AvgIpc) is 2.36.